The second kappa shape index (κ2) is 10.2. The molecule has 0 fully saturated rings. The second-order valence-corrected chi connectivity index (χ2v) is 8.70. The van der Waals surface area contributed by atoms with E-state index in [9.17, 15) is 26.8 Å². The van der Waals surface area contributed by atoms with Gasteiger partial charge in [-0.1, -0.05) is 29.3 Å². The number of nitrogens with zero attached hydrogens (tertiary/aromatic N) is 1. The molecule has 0 saturated heterocycles. The monoisotopic (exact) mass is 479 g/mol. The topological polar surface area (TPSA) is 95.6 Å². The maximum atomic E-state index is 13.2. The molecule has 2 rings (SSSR count). The highest BCUT2D eigenvalue weighted by Crippen LogP contribution is 2.29. The Bertz CT molecular complexity index is 1050. The van der Waals surface area contributed by atoms with Crippen LogP contribution in [-0.4, -0.2) is 45.3 Å². The summed E-state index contributed by atoms with van der Waals surface area (Å²) in [7, 11) is -2.77. The van der Waals surface area contributed by atoms with Crippen molar-refractivity contribution in [3.63, 3.8) is 0 Å². The number of para-hydroxylation sites is 1. The smallest absolute Gasteiger partial charge is 0.244 e. The fourth-order valence-electron chi connectivity index (χ4n) is 2.31. The number of halogens is 4. The van der Waals surface area contributed by atoms with Gasteiger partial charge in [-0.3, -0.25) is 9.59 Å². The van der Waals surface area contributed by atoms with E-state index in [0.717, 1.165) is 11.0 Å². The number of sulfonamides is 1. The van der Waals surface area contributed by atoms with Gasteiger partial charge in [-0.15, -0.1) is 0 Å². The van der Waals surface area contributed by atoms with Gasteiger partial charge in [0.2, 0.25) is 21.8 Å². The van der Waals surface area contributed by atoms with Crippen LogP contribution < -0.4 is 10.0 Å². The molecule has 2 aromatic carbocycles. The van der Waals surface area contributed by atoms with Gasteiger partial charge in [0, 0.05) is 20.0 Å². The van der Waals surface area contributed by atoms with Crippen molar-refractivity contribution >= 4 is 50.7 Å². The molecule has 0 aliphatic heterocycles. The minimum absolute atomic E-state index is 0.214. The zero-order chi connectivity index (χ0) is 22.5. The van der Waals surface area contributed by atoms with Crippen molar-refractivity contribution in [2.75, 3.05) is 25.5 Å². The third-order valence-corrected chi connectivity index (χ3v) is 5.95. The highest BCUT2D eigenvalue weighted by molar-refractivity contribution is 7.89. The SMILES string of the molecule is CN(CC(=O)Nc1c(Cl)cccc1Cl)C(=O)CCNS(=O)(=O)c1ccc(F)c(F)c1. The van der Waals surface area contributed by atoms with Crippen LogP contribution in [0.3, 0.4) is 0 Å². The van der Waals surface area contributed by atoms with Crippen molar-refractivity contribution in [2.45, 2.75) is 11.3 Å². The van der Waals surface area contributed by atoms with Gasteiger partial charge >= 0.3 is 0 Å². The van der Waals surface area contributed by atoms with Crippen LogP contribution in [-0.2, 0) is 19.6 Å². The normalized spacial score (nSPS) is 11.2. The van der Waals surface area contributed by atoms with Gasteiger partial charge in [0.15, 0.2) is 11.6 Å². The Labute approximate surface area is 182 Å². The first-order valence-corrected chi connectivity index (χ1v) is 10.7. The first-order valence-electron chi connectivity index (χ1n) is 8.44. The molecule has 0 spiro atoms. The van der Waals surface area contributed by atoms with E-state index in [0.29, 0.717) is 12.1 Å². The molecule has 0 unspecified atom stereocenters. The predicted molar refractivity (Wildman–Crippen MR) is 109 cm³/mol. The Morgan fingerprint density at radius 1 is 1.07 bits per heavy atom. The number of carbonyl (C=O) groups is 2. The predicted octanol–water partition coefficient (Wildman–Crippen LogP) is 3.04. The van der Waals surface area contributed by atoms with Crippen molar-refractivity contribution in [3.8, 4) is 0 Å². The van der Waals surface area contributed by atoms with E-state index in [4.69, 9.17) is 23.2 Å². The third-order valence-electron chi connectivity index (χ3n) is 3.87. The van der Waals surface area contributed by atoms with Gasteiger partial charge < -0.3 is 10.2 Å². The number of likely N-dealkylation sites (N-methyl/N-ethyl adjacent to an activating group) is 1. The largest absolute Gasteiger partial charge is 0.336 e. The lowest BCUT2D eigenvalue weighted by Crippen LogP contribution is -2.37. The molecule has 0 heterocycles. The number of hydrogen-bond donors (Lipinski definition) is 2. The van der Waals surface area contributed by atoms with Gasteiger partial charge in [0.25, 0.3) is 0 Å². The highest BCUT2D eigenvalue weighted by atomic mass is 35.5. The summed E-state index contributed by atoms with van der Waals surface area (Å²) in [5, 5.41) is 2.97. The molecule has 30 heavy (non-hydrogen) atoms. The summed E-state index contributed by atoms with van der Waals surface area (Å²) in [6.45, 7) is -0.626. The van der Waals surface area contributed by atoms with Gasteiger partial charge in [-0.05, 0) is 30.3 Å². The summed E-state index contributed by atoms with van der Waals surface area (Å²) in [6, 6.07) is 6.81. The maximum absolute atomic E-state index is 13.2. The number of anilines is 1. The molecule has 0 aromatic heterocycles. The van der Waals surface area contributed by atoms with Gasteiger partial charge in [-0.25, -0.2) is 21.9 Å². The lowest BCUT2D eigenvalue weighted by atomic mass is 10.3. The van der Waals surface area contributed by atoms with Crippen molar-refractivity contribution in [2.24, 2.45) is 0 Å². The van der Waals surface area contributed by atoms with Crippen molar-refractivity contribution in [3.05, 3.63) is 58.1 Å². The van der Waals surface area contributed by atoms with Crippen molar-refractivity contribution in [1.82, 2.24) is 9.62 Å². The maximum Gasteiger partial charge on any atom is 0.244 e. The quantitative estimate of drug-likeness (QED) is 0.608. The summed E-state index contributed by atoms with van der Waals surface area (Å²) >= 11 is 11.9. The molecule has 0 aliphatic carbocycles. The first kappa shape index (κ1) is 24.0. The summed E-state index contributed by atoms with van der Waals surface area (Å²) in [6.07, 6.45) is -0.264. The minimum atomic E-state index is -4.13. The molecule has 2 N–H and O–H groups in total. The zero-order valence-corrected chi connectivity index (χ0v) is 17.9. The molecule has 162 valence electrons. The van der Waals surface area contributed by atoms with E-state index in [1.54, 1.807) is 6.07 Å². The van der Waals surface area contributed by atoms with E-state index in [-0.39, 0.29) is 35.2 Å². The van der Waals surface area contributed by atoms with Crippen LogP contribution in [0.2, 0.25) is 10.0 Å². The molecular formula is C18H17Cl2F2N3O4S. The molecule has 2 aromatic rings. The summed E-state index contributed by atoms with van der Waals surface area (Å²) in [5.41, 5.74) is 0.214. The van der Waals surface area contributed by atoms with Crippen LogP contribution in [0.4, 0.5) is 14.5 Å². The van der Waals surface area contributed by atoms with Gasteiger partial charge in [0.1, 0.15) is 0 Å². The molecule has 0 atom stereocenters. The fourth-order valence-corrected chi connectivity index (χ4v) is 3.85. The van der Waals surface area contributed by atoms with Crippen LogP contribution >= 0.6 is 23.2 Å². The van der Waals surface area contributed by atoms with Crippen molar-refractivity contribution in [1.29, 1.82) is 0 Å². The van der Waals surface area contributed by atoms with Crippen LogP contribution in [0.15, 0.2) is 41.3 Å². The summed E-state index contributed by atoms with van der Waals surface area (Å²) in [5.74, 6) is -3.56. The van der Waals surface area contributed by atoms with Crippen molar-refractivity contribution < 1.29 is 26.8 Å². The molecular weight excluding hydrogens is 463 g/mol. The third kappa shape index (κ3) is 6.36. The van der Waals surface area contributed by atoms with Crippen LogP contribution in [0, 0.1) is 11.6 Å². The fraction of sp³-hybridized carbons (Fsp3) is 0.222. The Morgan fingerprint density at radius 2 is 1.70 bits per heavy atom. The summed E-state index contributed by atoms with van der Waals surface area (Å²) < 4.78 is 52.4. The van der Waals surface area contributed by atoms with Gasteiger partial charge in [-0.2, -0.15) is 0 Å². The second-order valence-electron chi connectivity index (χ2n) is 6.12. The number of amides is 2. The molecule has 0 saturated carbocycles. The van der Waals surface area contributed by atoms with E-state index in [1.807, 2.05) is 0 Å². The van der Waals surface area contributed by atoms with Crippen LogP contribution in [0.5, 0.6) is 0 Å². The molecule has 2 amide bonds. The molecule has 0 radical (unpaired) electrons. The molecule has 0 aliphatic rings. The van der Waals surface area contributed by atoms with E-state index in [1.165, 1.54) is 19.2 Å². The first-order chi connectivity index (χ1) is 14.0. The Hall–Kier alpha value is -2.27. The Kier molecular flexibility index (Phi) is 8.13. The average molecular weight is 480 g/mol. The molecule has 12 heteroatoms. The molecule has 7 nitrogen and oxygen atoms in total. The Balaban J connectivity index is 1.87. The summed E-state index contributed by atoms with van der Waals surface area (Å²) in [4.78, 5) is 24.9. The number of rotatable bonds is 8. The van der Waals surface area contributed by atoms with Gasteiger partial charge in [0.05, 0.1) is 27.2 Å². The number of benzene rings is 2. The van der Waals surface area contributed by atoms with E-state index in [2.05, 4.69) is 10.0 Å². The lowest BCUT2D eigenvalue weighted by molar-refractivity contribution is -0.133. The minimum Gasteiger partial charge on any atom is -0.336 e. The van der Waals surface area contributed by atoms with Crippen LogP contribution in [0.1, 0.15) is 6.42 Å². The number of hydrogen-bond acceptors (Lipinski definition) is 4. The standard InChI is InChI=1S/C18H17Cl2F2N3O4S/c1-25(10-16(26)24-18-12(19)3-2-4-13(18)20)17(27)7-8-23-30(28,29)11-5-6-14(21)15(22)9-11/h2-6,9,23H,7-8,10H2,1H3,(H,24,26). The lowest BCUT2D eigenvalue weighted by Gasteiger charge is -2.17. The number of carbonyl (C=O) groups excluding carboxylic acids is 2. The number of nitrogens with one attached hydrogen (secondary N) is 2. The van der Waals surface area contributed by atoms with E-state index >= 15 is 0 Å². The van der Waals surface area contributed by atoms with E-state index < -0.39 is 38.4 Å². The Morgan fingerprint density at radius 3 is 2.30 bits per heavy atom. The highest BCUT2D eigenvalue weighted by Gasteiger charge is 2.19. The molecule has 0 bridgehead atoms. The average Bonchev–Trinajstić information content (AvgIpc) is 2.66. The zero-order valence-electron chi connectivity index (χ0n) is 15.6. The van der Waals surface area contributed by atoms with Crippen LogP contribution in [0.25, 0.3) is 0 Å².